The van der Waals surface area contributed by atoms with E-state index in [1.54, 1.807) is 0 Å². The molecule has 2 unspecified atom stereocenters. The fourth-order valence-electron chi connectivity index (χ4n) is 2.63. The molecule has 1 aliphatic carbocycles. The first-order chi connectivity index (χ1) is 6.84. The minimum Gasteiger partial charge on any atom is -0.327 e. The topological polar surface area (TPSA) is 29.3 Å². The lowest BCUT2D eigenvalue weighted by Crippen LogP contribution is -2.27. The smallest absolute Gasteiger partial charge is 0.0233 e. The summed E-state index contributed by atoms with van der Waals surface area (Å²) in [5, 5.41) is 0. The zero-order valence-electron chi connectivity index (χ0n) is 8.26. The normalized spacial score (nSPS) is 35.6. The van der Waals surface area contributed by atoms with Gasteiger partial charge in [-0.05, 0) is 17.4 Å². The molecule has 3 rings (SSSR count). The molecule has 2 fully saturated rings. The Hall–Kier alpha value is -0.860. The number of nitrogens with zero attached hydrogens (tertiary/aromatic N) is 1. The average molecular weight is 188 g/mol. The van der Waals surface area contributed by atoms with Gasteiger partial charge >= 0.3 is 0 Å². The third-order valence-electron chi connectivity index (χ3n) is 3.58. The van der Waals surface area contributed by atoms with E-state index in [9.17, 15) is 0 Å². The predicted molar refractivity (Wildman–Crippen MR) is 56.7 cm³/mol. The van der Waals surface area contributed by atoms with Crippen molar-refractivity contribution in [2.45, 2.75) is 12.6 Å². The highest BCUT2D eigenvalue weighted by Gasteiger charge is 2.53. The lowest BCUT2D eigenvalue weighted by Gasteiger charge is -2.18. The van der Waals surface area contributed by atoms with Gasteiger partial charge in [0, 0.05) is 25.7 Å². The number of nitrogens with two attached hydrogens (primary N) is 1. The van der Waals surface area contributed by atoms with Crippen molar-refractivity contribution in [3.05, 3.63) is 35.9 Å². The highest BCUT2D eigenvalue weighted by Crippen LogP contribution is 2.44. The van der Waals surface area contributed by atoms with Gasteiger partial charge in [0.15, 0.2) is 0 Å². The fraction of sp³-hybridized carbons (Fsp3) is 0.500. The maximum Gasteiger partial charge on any atom is 0.0233 e. The maximum absolute atomic E-state index is 5.90. The Morgan fingerprint density at radius 3 is 2.43 bits per heavy atom. The summed E-state index contributed by atoms with van der Waals surface area (Å²) in [5.74, 6) is 1.61. The standard InChI is InChI=1S/C12H16N2/c13-12-10-7-14(8-11(10)12)6-9-4-2-1-3-5-9/h1-5,10-12H,6-8,13H2/t10-,11?,12?/m0/s1. The van der Waals surface area contributed by atoms with Crippen molar-refractivity contribution in [2.24, 2.45) is 17.6 Å². The van der Waals surface area contributed by atoms with Gasteiger partial charge in [-0.1, -0.05) is 30.3 Å². The van der Waals surface area contributed by atoms with Gasteiger partial charge in [0.1, 0.15) is 0 Å². The van der Waals surface area contributed by atoms with Gasteiger partial charge < -0.3 is 5.73 Å². The largest absolute Gasteiger partial charge is 0.327 e. The summed E-state index contributed by atoms with van der Waals surface area (Å²) in [6.07, 6.45) is 0. The number of benzene rings is 1. The second-order valence-corrected chi connectivity index (χ2v) is 4.58. The highest BCUT2D eigenvalue weighted by atomic mass is 15.2. The minimum atomic E-state index is 0.516. The molecule has 0 amide bonds. The molecule has 2 nitrogen and oxygen atoms in total. The Morgan fingerprint density at radius 1 is 1.14 bits per heavy atom. The van der Waals surface area contributed by atoms with Crippen LogP contribution in [-0.4, -0.2) is 24.0 Å². The van der Waals surface area contributed by atoms with Gasteiger partial charge in [0.05, 0.1) is 0 Å². The fourth-order valence-corrected chi connectivity index (χ4v) is 2.63. The first kappa shape index (κ1) is 8.45. The Morgan fingerprint density at radius 2 is 1.79 bits per heavy atom. The molecule has 2 heteroatoms. The molecule has 1 aromatic rings. The lowest BCUT2D eigenvalue weighted by atomic mass is 10.2. The van der Waals surface area contributed by atoms with Crippen LogP contribution in [0.15, 0.2) is 30.3 Å². The molecule has 14 heavy (non-hydrogen) atoms. The molecule has 2 N–H and O–H groups in total. The lowest BCUT2D eigenvalue weighted by molar-refractivity contribution is 0.290. The van der Waals surface area contributed by atoms with Crippen molar-refractivity contribution in [2.75, 3.05) is 13.1 Å². The van der Waals surface area contributed by atoms with Crippen LogP contribution in [-0.2, 0) is 6.54 Å². The van der Waals surface area contributed by atoms with E-state index in [0.717, 1.165) is 18.4 Å². The summed E-state index contributed by atoms with van der Waals surface area (Å²) >= 11 is 0. The van der Waals surface area contributed by atoms with E-state index in [-0.39, 0.29) is 0 Å². The summed E-state index contributed by atoms with van der Waals surface area (Å²) in [6, 6.07) is 11.2. The third-order valence-corrected chi connectivity index (χ3v) is 3.58. The SMILES string of the molecule is NC1C2CN(Cc3ccccc3)C[C@H]12. The number of fused-ring (bicyclic) bond motifs is 1. The molecule has 1 saturated heterocycles. The molecule has 0 bridgehead atoms. The molecule has 0 radical (unpaired) electrons. The molecule has 1 heterocycles. The maximum atomic E-state index is 5.90. The van der Waals surface area contributed by atoms with Crippen LogP contribution < -0.4 is 5.73 Å². The molecular weight excluding hydrogens is 172 g/mol. The van der Waals surface area contributed by atoms with Gasteiger partial charge in [0.25, 0.3) is 0 Å². The Balaban J connectivity index is 1.60. The van der Waals surface area contributed by atoms with E-state index in [1.165, 1.54) is 18.7 Å². The van der Waals surface area contributed by atoms with Gasteiger partial charge in [0.2, 0.25) is 0 Å². The van der Waals surface area contributed by atoms with Crippen LogP contribution >= 0.6 is 0 Å². The molecule has 3 atom stereocenters. The Bertz CT molecular complexity index is 310. The minimum absolute atomic E-state index is 0.516. The number of hydrogen-bond acceptors (Lipinski definition) is 2. The number of piperidine rings is 1. The third kappa shape index (κ3) is 1.35. The molecule has 0 spiro atoms. The number of hydrogen-bond donors (Lipinski definition) is 1. The summed E-state index contributed by atoms with van der Waals surface area (Å²) in [4.78, 5) is 2.52. The first-order valence-electron chi connectivity index (χ1n) is 5.36. The van der Waals surface area contributed by atoms with E-state index in [1.807, 2.05) is 0 Å². The molecule has 74 valence electrons. The van der Waals surface area contributed by atoms with Gasteiger partial charge in [-0.3, -0.25) is 4.90 Å². The van der Waals surface area contributed by atoms with Crippen molar-refractivity contribution in [3.63, 3.8) is 0 Å². The van der Waals surface area contributed by atoms with Crippen LogP contribution in [0.3, 0.4) is 0 Å². The Labute approximate surface area is 84.7 Å². The number of rotatable bonds is 2. The van der Waals surface area contributed by atoms with Crippen molar-refractivity contribution >= 4 is 0 Å². The molecule has 0 aromatic heterocycles. The number of likely N-dealkylation sites (tertiary alicyclic amines) is 1. The Kier molecular flexibility index (Phi) is 1.85. The van der Waals surface area contributed by atoms with E-state index in [4.69, 9.17) is 5.73 Å². The van der Waals surface area contributed by atoms with Crippen LogP contribution in [0.5, 0.6) is 0 Å². The van der Waals surface area contributed by atoms with E-state index < -0.39 is 0 Å². The molecule has 1 aromatic carbocycles. The van der Waals surface area contributed by atoms with Gasteiger partial charge in [-0.25, -0.2) is 0 Å². The van der Waals surface area contributed by atoms with Crippen LogP contribution in [0.4, 0.5) is 0 Å². The van der Waals surface area contributed by atoms with E-state index in [2.05, 4.69) is 35.2 Å². The van der Waals surface area contributed by atoms with Crippen molar-refractivity contribution in [3.8, 4) is 0 Å². The highest BCUT2D eigenvalue weighted by molar-refractivity contribution is 5.16. The molecule has 1 saturated carbocycles. The van der Waals surface area contributed by atoms with Crippen molar-refractivity contribution in [1.82, 2.24) is 4.90 Å². The zero-order chi connectivity index (χ0) is 9.54. The second-order valence-electron chi connectivity index (χ2n) is 4.58. The summed E-state index contributed by atoms with van der Waals surface area (Å²) < 4.78 is 0. The summed E-state index contributed by atoms with van der Waals surface area (Å²) in [5.41, 5.74) is 7.32. The van der Waals surface area contributed by atoms with Crippen molar-refractivity contribution < 1.29 is 0 Å². The summed E-state index contributed by atoms with van der Waals surface area (Å²) in [7, 11) is 0. The monoisotopic (exact) mass is 188 g/mol. The van der Waals surface area contributed by atoms with E-state index >= 15 is 0 Å². The van der Waals surface area contributed by atoms with Crippen LogP contribution in [0.1, 0.15) is 5.56 Å². The van der Waals surface area contributed by atoms with Gasteiger partial charge in [-0.2, -0.15) is 0 Å². The van der Waals surface area contributed by atoms with Crippen LogP contribution in [0, 0.1) is 11.8 Å². The predicted octanol–water partition coefficient (Wildman–Crippen LogP) is 1.08. The van der Waals surface area contributed by atoms with E-state index in [0.29, 0.717) is 6.04 Å². The molecule has 1 aliphatic heterocycles. The van der Waals surface area contributed by atoms with Crippen molar-refractivity contribution in [1.29, 1.82) is 0 Å². The second kappa shape index (κ2) is 3.07. The zero-order valence-corrected chi connectivity index (χ0v) is 8.26. The van der Waals surface area contributed by atoms with Crippen LogP contribution in [0.2, 0.25) is 0 Å². The first-order valence-corrected chi connectivity index (χ1v) is 5.36. The molecular formula is C12H16N2. The summed E-state index contributed by atoms with van der Waals surface area (Å²) in [6.45, 7) is 3.52. The average Bonchev–Trinajstić information content (AvgIpc) is 2.65. The van der Waals surface area contributed by atoms with Gasteiger partial charge in [-0.15, -0.1) is 0 Å². The quantitative estimate of drug-likeness (QED) is 0.752. The van der Waals surface area contributed by atoms with Crippen LogP contribution in [0.25, 0.3) is 0 Å². The molecule has 2 aliphatic rings.